The lowest BCUT2D eigenvalue weighted by Gasteiger charge is -2.48. The van der Waals surface area contributed by atoms with Gasteiger partial charge in [-0.05, 0) is 82.8 Å². The molecule has 1 heteroatoms. The van der Waals surface area contributed by atoms with E-state index < -0.39 is 10.8 Å². The Kier molecular flexibility index (Phi) is 9.32. The van der Waals surface area contributed by atoms with Crippen molar-refractivity contribution in [2.45, 2.75) is 51.9 Å². The van der Waals surface area contributed by atoms with Crippen molar-refractivity contribution in [3.8, 4) is 11.1 Å². The standard InChI is InChI=1S/C42H35N.C6H6.C2H6/c1-5-13-28(14-6-2)41(4)31-17-10-19-33-37(31)40-38-32(41)18-11-21-35(38)43-36-22-12-20-34(39(36)40)42(33,29-15-8-7-9-16-29)30-25-23-27(3)24-26-30;1-2-4-6-5-3-1;1-2/h5-23,25-27H,1,24H2,2-4H3;1-6H;1-2H3/b14-6-,28-13+;;. The number of rotatable bonds is 5. The molecule has 6 aromatic rings. The molecule has 1 heterocycles. The second-order valence-electron chi connectivity index (χ2n) is 13.6. The molecule has 0 N–H and O–H groups in total. The molecule has 3 aliphatic rings. The second-order valence-corrected chi connectivity index (χ2v) is 13.6. The molecule has 3 unspecified atom stereocenters. The maximum Gasteiger partial charge on any atom is 0.0719 e. The third kappa shape index (κ3) is 5.18. The molecule has 0 saturated heterocycles. The lowest BCUT2D eigenvalue weighted by Crippen LogP contribution is -2.38. The van der Waals surface area contributed by atoms with Crippen molar-refractivity contribution in [1.29, 1.82) is 0 Å². The molecule has 0 aliphatic heterocycles. The molecule has 0 amide bonds. The van der Waals surface area contributed by atoms with Crippen LogP contribution in [-0.2, 0) is 10.8 Å². The Balaban J connectivity index is 0.000000456. The predicted molar refractivity (Wildman–Crippen MR) is 219 cm³/mol. The maximum absolute atomic E-state index is 5.38. The van der Waals surface area contributed by atoms with Crippen LogP contribution in [0.3, 0.4) is 0 Å². The van der Waals surface area contributed by atoms with Gasteiger partial charge < -0.3 is 0 Å². The number of allylic oxidation sites excluding steroid dienone is 9. The molecule has 3 aliphatic carbocycles. The number of pyridine rings is 1. The van der Waals surface area contributed by atoms with E-state index in [1.54, 1.807) is 0 Å². The first-order chi connectivity index (χ1) is 25.0. The highest BCUT2D eigenvalue weighted by atomic mass is 14.7. The summed E-state index contributed by atoms with van der Waals surface area (Å²) in [6, 6.07) is 43.7. The molecule has 3 atom stereocenters. The first-order valence-electron chi connectivity index (χ1n) is 18.5. The van der Waals surface area contributed by atoms with Crippen molar-refractivity contribution < 1.29 is 0 Å². The van der Waals surface area contributed by atoms with E-state index in [9.17, 15) is 0 Å². The molecule has 51 heavy (non-hydrogen) atoms. The van der Waals surface area contributed by atoms with E-state index in [-0.39, 0.29) is 0 Å². The predicted octanol–water partition coefficient (Wildman–Crippen LogP) is 13.2. The molecule has 0 spiro atoms. The van der Waals surface area contributed by atoms with E-state index in [1.165, 1.54) is 60.9 Å². The summed E-state index contributed by atoms with van der Waals surface area (Å²) in [5.74, 6) is 0.525. The molecule has 1 aromatic heterocycles. The fourth-order valence-electron chi connectivity index (χ4n) is 8.74. The van der Waals surface area contributed by atoms with Crippen LogP contribution in [0.2, 0.25) is 0 Å². The summed E-state index contributed by atoms with van der Waals surface area (Å²) < 4.78 is 0. The molecule has 0 saturated carbocycles. The van der Waals surface area contributed by atoms with E-state index in [2.05, 4.69) is 149 Å². The van der Waals surface area contributed by atoms with Crippen LogP contribution in [0.5, 0.6) is 0 Å². The van der Waals surface area contributed by atoms with Gasteiger partial charge in [0.1, 0.15) is 0 Å². The molecule has 0 bridgehead atoms. The number of hydrogen-bond donors (Lipinski definition) is 0. The van der Waals surface area contributed by atoms with E-state index in [4.69, 9.17) is 4.98 Å². The number of hydrogen-bond acceptors (Lipinski definition) is 1. The van der Waals surface area contributed by atoms with Gasteiger partial charge in [-0.15, -0.1) is 0 Å². The van der Waals surface area contributed by atoms with Gasteiger partial charge in [0.15, 0.2) is 0 Å². The lowest BCUT2D eigenvalue weighted by atomic mass is 9.54. The monoisotopic (exact) mass is 661 g/mol. The summed E-state index contributed by atoms with van der Waals surface area (Å²) in [7, 11) is 0. The van der Waals surface area contributed by atoms with Crippen LogP contribution in [0.25, 0.3) is 32.9 Å². The van der Waals surface area contributed by atoms with Gasteiger partial charge in [0.2, 0.25) is 0 Å². The van der Waals surface area contributed by atoms with Crippen LogP contribution in [0.4, 0.5) is 0 Å². The van der Waals surface area contributed by atoms with Crippen LogP contribution in [0.1, 0.15) is 68.9 Å². The van der Waals surface area contributed by atoms with Crippen LogP contribution in [0, 0.1) is 5.92 Å². The largest absolute Gasteiger partial charge is 0.248 e. The van der Waals surface area contributed by atoms with Crippen molar-refractivity contribution >= 4 is 21.8 Å². The SMILES string of the molecule is C=C/C=C(\C=C/C)C1(C)c2cccc3c2-c2c4c1cccc4nc1cccc(c21)C3(C1=CCC(C)C=C1)c1ccccc1.CC.c1ccccc1. The zero-order valence-electron chi connectivity index (χ0n) is 30.5. The quantitative estimate of drug-likeness (QED) is 0.132. The average molecular weight is 662 g/mol. The normalized spacial score (nSPS) is 21.1. The summed E-state index contributed by atoms with van der Waals surface area (Å²) in [6.07, 6.45) is 16.8. The minimum Gasteiger partial charge on any atom is -0.248 e. The molecular weight excluding hydrogens is 615 g/mol. The zero-order chi connectivity index (χ0) is 35.6. The van der Waals surface area contributed by atoms with Crippen molar-refractivity contribution in [2.75, 3.05) is 0 Å². The first kappa shape index (κ1) is 33.9. The van der Waals surface area contributed by atoms with E-state index >= 15 is 0 Å². The molecule has 1 nitrogen and oxygen atoms in total. The summed E-state index contributed by atoms with van der Waals surface area (Å²) >= 11 is 0. The van der Waals surface area contributed by atoms with Gasteiger partial charge >= 0.3 is 0 Å². The van der Waals surface area contributed by atoms with Gasteiger partial charge in [-0.1, -0.05) is 179 Å². The minimum absolute atomic E-state index is 0.395. The van der Waals surface area contributed by atoms with Crippen LogP contribution < -0.4 is 0 Å². The Morgan fingerprint density at radius 1 is 0.706 bits per heavy atom. The summed E-state index contributed by atoms with van der Waals surface area (Å²) in [5.41, 5.74) is 13.1. The van der Waals surface area contributed by atoms with Crippen molar-refractivity contribution in [1.82, 2.24) is 4.98 Å². The van der Waals surface area contributed by atoms with E-state index in [1.807, 2.05) is 56.3 Å². The summed E-state index contributed by atoms with van der Waals surface area (Å²) in [6.45, 7) is 14.9. The molecule has 9 rings (SSSR count). The van der Waals surface area contributed by atoms with Crippen molar-refractivity contribution in [3.05, 3.63) is 209 Å². The van der Waals surface area contributed by atoms with Crippen molar-refractivity contribution in [2.24, 2.45) is 5.92 Å². The van der Waals surface area contributed by atoms with Crippen molar-refractivity contribution in [3.63, 3.8) is 0 Å². The fourth-order valence-corrected chi connectivity index (χ4v) is 8.74. The van der Waals surface area contributed by atoms with Crippen LogP contribution in [-0.4, -0.2) is 4.98 Å². The fraction of sp³-hybridized carbons (Fsp3) is 0.180. The molecule has 252 valence electrons. The lowest BCUT2D eigenvalue weighted by molar-refractivity contribution is 0.669. The zero-order valence-corrected chi connectivity index (χ0v) is 30.5. The Hall–Kier alpha value is -5.53. The topological polar surface area (TPSA) is 12.9 Å². The third-order valence-electron chi connectivity index (χ3n) is 10.9. The number of aromatic nitrogens is 1. The Labute approximate surface area is 304 Å². The van der Waals surface area contributed by atoms with Gasteiger partial charge in [0.25, 0.3) is 0 Å². The molecule has 0 fully saturated rings. The highest BCUT2D eigenvalue weighted by Gasteiger charge is 2.50. The van der Waals surface area contributed by atoms with Gasteiger partial charge in [-0.25, -0.2) is 4.98 Å². The van der Waals surface area contributed by atoms with E-state index in [0.29, 0.717) is 5.92 Å². The van der Waals surface area contributed by atoms with Gasteiger partial charge in [-0.3, -0.25) is 0 Å². The number of benzene rings is 5. The highest BCUT2D eigenvalue weighted by Crippen LogP contribution is 2.63. The molecule has 0 radical (unpaired) electrons. The van der Waals surface area contributed by atoms with Crippen LogP contribution in [0.15, 0.2) is 182 Å². The summed E-state index contributed by atoms with van der Waals surface area (Å²) in [4.78, 5) is 5.38. The first-order valence-corrected chi connectivity index (χ1v) is 18.5. The Morgan fingerprint density at radius 3 is 1.88 bits per heavy atom. The molecule has 5 aromatic carbocycles. The molecular formula is C50H47N. The van der Waals surface area contributed by atoms with Crippen LogP contribution >= 0.6 is 0 Å². The van der Waals surface area contributed by atoms with Gasteiger partial charge in [0.05, 0.1) is 16.4 Å². The highest BCUT2D eigenvalue weighted by molar-refractivity contribution is 6.18. The summed E-state index contributed by atoms with van der Waals surface area (Å²) in [5, 5.41) is 2.55. The Morgan fingerprint density at radius 2 is 1.27 bits per heavy atom. The average Bonchev–Trinajstić information content (AvgIpc) is 3.19. The third-order valence-corrected chi connectivity index (χ3v) is 10.9. The maximum atomic E-state index is 5.38. The second kappa shape index (κ2) is 14.0. The van der Waals surface area contributed by atoms with E-state index in [0.717, 1.165) is 17.5 Å². The van der Waals surface area contributed by atoms with Gasteiger partial charge in [-0.2, -0.15) is 0 Å². The smallest absolute Gasteiger partial charge is 0.0719 e. The number of nitrogens with zero attached hydrogens (tertiary/aromatic N) is 1. The Bertz CT molecular complexity index is 2330. The minimum atomic E-state index is -0.471. The van der Waals surface area contributed by atoms with Gasteiger partial charge in [0, 0.05) is 21.8 Å².